The Bertz CT molecular complexity index is 551. The molecule has 0 radical (unpaired) electrons. The van der Waals surface area contributed by atoms with E-state index in [2.05, 4.69) is 15.9 Å². The fourth-order valence-electron chi connectivity index (χ4n) is 2.40. The number of carbonyl (C=O) groups is 1. The van der Waals surface area contributed by atoms with Crippen molar-refractivity contribution in [3.05, 3.63) is 27.7 Å². The van der Waals surface area contributed by atoms with Crippen LogP contribution in [0.1, 0.15) is 30.4 Å². The van der Waals surface area contributed by atoms with Gasteiger partial charge in [-0.05, 0) is 25.0 Å². The minimum absolute atomic E-state index is 0.197. The lowest BCUT2D eigenvalue weighted by atomic mass is 9.90. The largest absolute Gasteiger partial charge is 0.496 e. The van der Waals surface area contributed by atoms with E-state index >= 15 is 0 Å². The van der Waals surface area contributed by atoms with Gasteiger partial charge in [0.05, 0.1) is 19.1 Å². The van der Waals surface area contributed by atoms with Crippen molar-refractivity contribution in [2.24, 2.45) is 0 Å². The summed E-state index contributed by atoms with van der Waals surface area (Å²) in [5.41, 5.74) is -1.33. The molecule has 1 aliphatic rings. The average Bonchev–Trinajstić information content (AvgIpc) is 3.06. The number of carboxylic acids is 1. The van der Waals surface area contributed by atoms with Gasteiger partial charge in [0, 0.05) is 15.5 Å². The number of aliphatic carboxylic acids is 1. The van der Waals surface area contributed by atoms with E-state index in [-0.39, 0.29) is 16.6 Å². The van der Waals surface area contributed by atoms with Crippen LogP contribution in [0.4, 0.5) is 13.2 Å². The van der Waals surface area contributed by atoms with Gasteiger partial charge in [0.15, 0.2) is 0 Å². The second-order valence-corrected chi connectivity index (χ2v) is 5.80. The molecular weight excluding hydrogens is 341 g/mol. The van der Waals surface area contributed by atoms with Gasteiger partial charge in [-0.15, -0.1) is 0 Å². The Morgan fingerprint density at radius 1 is 1.45 bits per heavy atom. The second kappa shape index (κ2) is 4.95. The number of benzene rings is 1. The van der Waals surface area contributed by atoms with Crippen LogP contribution >= 0.6 is 15.9 Å². The van der Waals surface area contributed by atoms with Crippen LogP contribution in [-0.2, 0) is 16.4 Å². The van der Waals surface area contributed by atoms with E-state index in [0.29, 0.717) is 18.4 Å². The fourth-order valence-corrected chi connectivity index (χ4v) is 2.86. The highest BCUT2D eigenvalue weighted by molar-refractivity contribution is 9.10. The molecule has 0 aromatic heterocycles. The highest BCUT2D eigenvalue weighted by Gasteiger charge is 2.49. The molecule has 0 heterocycles. The molecule has 2 rings (SSSR count). The number of halogens is 4. The summed E-state index contributed by atoms with van der Waals surface area (Å²) in [5, 5.41) is 8.94. The first-order valence-electron chi connectivity index (χ1n) is 5.86. The van der Waals surface area contributed by atoms with E-state index in [9.17, 15) is 18.0 Å². The topological polar surface area (TPSA) is 46.5 Å². The predicted molar refractivity (Wildman–Crippen MR) is 68.9 cm³/mol. The normalized spacial score (nSPS) is 16.9. The van der Waals surface area contributed by atoms with Gasteiger partial charge in [-0.25, -0.2) is 0 Å². The maximum atomic E-state index is 13.0. The number of methoxy groups -OCH3 is 1. The number of carboxylic acid groups (broad SMARTS) is 1. The SMILES string of the molecule is COc1c(C(F)(F)F)cc(Br)cc1C1(CC(=O)O)CC1. The molecular formula is C13H12BrF3O3. The number of hydrogen-bond donors (Lipinski definition) is 1. The van der Waals surface area contributed by atoms with Crippen LogP contribution in [-0.4, -0.2) is 18.2 Å². The molecule has 3 nitrogen and oxygen atoms in total. The van der Waals surface area contributed by atoms with Crippen LogP contribution in [0.2, 0.25) is 0 Å². The van der Waals surface area contributed by atoms with E-state index in [4.69, 9.17) is 9.84 Å². The molecule has 20 heavy (non-hydrogen) atoms. The molecule has 0 saturated heterocycles. The molecule has 1 N–H and O–H groups in total. The van der Waals surface area contributed by atoms with Gasteiger partial charge >= 0.3 is 12.1 Å². The van der Waals surface area contributed by atoms with Crippen molar-refractivity contribution in [3.63, 3.8) is 0 Å². The van der Waals surface area contributed by atoms with E-state index in [1.807, 2.05) is 0 Å². The van der Waals surface area contributed by atoms with E-state index in [0.717, 1.165) is 6.07 Å². The Hall–Kier alpha value is -1.24. The van der Waals surface area contributed by atoms with Crippen molar-refractivity contribution in [1.82, 2.24) is 0 Å². The lowest BCUT2D eigenvalue weighted by Crippen LogP contribution is -2.17. The summed E-state index contributed by atoms with van der Waals surface area (Å²) in [4.78, 5) is 10.9. The van der Waals surface area contributed by atoms with Gasteiger partial charge in [-0.3, -0.25) is 4.79 Å². The van der Waals surface area contributed by atoms with Crippen molar-refractivity contribution in [2.45, 2.75) is 30.9 Å². The lowest BCUT2D eigenvalue weighted by Gasteiger charge is -2.21. The second-order valence-electron chi connectivity index (χ2n) is 4.88. The zero-order chi connectivity index (χ0) is 15.1. The molecule has 0 atom stereocenters. The zero-order valence-electron chi connectivity index (χ0n) is 10.6. The minimum atomic E-state index is -4.55. The summed E-state index contributed by atoms with van der Waals surface area (Å²) in [7, 11) is 1.17. The number of alkyl halides is 3. The highest BCUT2D eigenvalue weighted by Crippen LogP contribution is 2.56. The number of ether oxygens (including phenoxy) is 1. The fraction of sp³-hybridized carbons (Fsp3) is 0.462. The van der Waals surface area contributed by atoms with Gasteiger partial charge in [-0.2, -0.15) is 13.2 Å². The smallest absolute Gasteiger partial charge is 0.420 e. The number of hydrogen-bond acceptors (Lipinski definition) is 2. The van der Waals surface area contributed by atoms with Crippen molar-refractivity contribution < 1.29 is 27.8 Å². The Kier molecular flexibility index (Phi) is 3.75. The van der Waals surface area contributed by atoms with Crippen LogP contribution in [0.25, 0.3) is 0 Å². The van der Waals surface area contributed by atoms with E-state index < -0.39 is 23.1 Å². The maximum absolute atomic E-state index is 13.0. The summed E-state index contributed by atoms with van der Waals surface area (Å²) < 4.78 is 44.3. The first-order valence-corrected chi connectivity index (χ1v) is 6.66. The van der Waals surface area contributed by atoms with Gasteiger partial charge in [0.1, 0.15) is 5.75 Å². The first kappa shape index (κ1) is 15.2. The minimum Gasteiger partial charge on any atom is -0.496 e. The zero-order valence-corrected chi connectivity index (χ0v) is 12.1. The van der Waals surface area contributed by atoms with Crippen LogP contribution in [0.3, 0.4) is 0 Å². The summed E-state index contributed by atoms with van der Waals surface area (Å²) in [6.07, 6.45) is -3.66. The molecule has 1 saturated carbocycles. The molecule has 1 aromatic rings. The Morgan fingerprint density at radius 3 is 2.45 bits per heavy atom. The number of rotatable bonds is 4. The van der Waals surface area contributed by atoms with Gasteiger partial charge in [0.2, 0.25) is 0 Å². The monoisotopic (exact) mass is 352 g/mol. The van der Waals surface area contributed by atoms with Crippen molar-refractivity contribution in [2.75, 3.05) is 7.11 Å². The Balaban J connectivity index is 2.59. The molecule has 0 unspecified atom stereocenters. The summed E-state index contributed by atoms with van der Waals surface area (Å²) in [6, 6.07) is 2.46. The third kappa shape index (κ3) is 2.77. The maximum Gasteiger partial charge on any atom is 0.420 e. The quantitative estimate of drug-likeness (QED) is 0.891. The molecule has 1 aromatic carbocycles. The molecule has 1 aliphatic carbocycles. The average molecular weight is 353 g/mol. The molecule has 0 spiro atoms. The van der Waals surface area contributed by atoms with Crippen molar-refractivity contribution >= 4 is 21.9 Å². The van der Waals surface area contributed by atoms with Gasteiger partial charge in [0.25, 0.3) is 0 Å². The van der Waals surface area contributed by atoms with Crippen LogP contribution in [0.15, 0.2) is 16.6 Å². The molecule has 0 bridgehead atoms. The Labute approximate surface area is 121 Å². The summed E-state index contributed by atoms with van der Waals surface area (Å²) >= 11 is 3.05. The molecule has 110 valence electrons. The third-order valence-corrected chi connectivity index (χ3v) is 3.94. The predicted octanol–water partition coefficient (Wildman–Crippen LogP) is 3.98. The first-order chi connectivity index (χ1) is 9.19. The van der Waals surface area contributed by atoms with Crippen molar-refractivity contribution in [1.29, 1.82) is 0 Å². The van der Waals surface area contributed by atoms with Gasteiger partial charge in [-0.1, -0.05) is 15.9 Å². The van der Waals surface area contributed by atoms with E-state index in [1.165, 1.54) is 13.2 Å². The van der Waals surface area contributed by atoms with Gasteiger partial charge < -0.3 is 9.84 Å². The molecule has 1 fully saturated rings. The summed E-state index contributed by atoms with van der Waals surface area (Å²) in [6.45, 7) is 0. The molecule has 7 heteroatoms. The standard InChI is InChI=1S/C13H12BrF3O3/c1-20-11-8(12(2-3-12)6-10(18)19)4-7(14)5-9(11)13(15,16)17/h4-5H,2-3,6H2,1H3,(H,18,19). The van der Waals surface area contributed by atoms with Crippen molar-refractivity contribution in [3.8, 4) is 5.75 Å². The lowest BCUT2D eigenvalue weighted by molar-refractivity contribution is -0.139. The molecule has 0 amide bonds. The Morgan fingerprint density at radius 2 is 2.05 bits per heavy atom. The molecule has 0 aliphatic heterocycles. The summed E-state index contributed by atoms with van der Waals surface area (Å²) in [5.74, 6) is -1.31. The van der Waals surface area contributed by atoms with Crippen LogP contribution in [0, 0.1) is 0 Å². The third-order valence-electron chi connectivity index (χ3n) is 3.48. The highest BCUT2D eigenvalue weighted by atomic mass is 79.9. The van der Waals surface area contributed by atoms with Crippen LogP contribution < -0.4 is 4.74 Å². The van der Waals surface area contributed by atoms with E-state index in [1.54, 1.807) is 0 Å². The van der Waals surface area contributed by atoms with Crippen LogP contribution in [0.5, 0.6) is 5.75 Å².